The lowest BCUT2D eigenvalue weighted by Gasteiger charge is -2.18. The fourth-order valence-electron chi connectivity index (χ4n) is 4.27. The summed E-state index contributed by atoms with van der Waals surface area (Å²) in [6.07, 6.45) is 7.36. The van der Waals surface area contributed by atoms with Crippen molar-refractivity contribution in [1.82, 2.24) is 4.57 Å². The number of benzene rings is 1. The number of hydrogen-bond donors (Lipinski definition) is 0. The number of halogens is 1. The Labute approximate surface area is 171 Å². The normalized spacial score (nSPS) is 23.7. The van der Waals surface area contributed by atoms with Crippen molar-refractivity contribution in [2.45, 2.75) is 56.9 Å². The van der Waals surface area contributed by atoms with Crippen LogP contribution in [0.25, 0.3) is 10.9 Å². The zero-order chi connectivity index (χ0) is 19.3. The highest BCUT2D eigenvalue weighted by Crippen LogP contribution is 2.31. The third kappa shape index (κ3) is 4.36. The van der Waals surface area contributed by atoms with Crippen LogP contribution in [-0.4, -0.2) is 30.5 Å². The van der Waals surface area contributed by atoms with Crippen LogP contribution in [0.2, 0.25) is 0 Å². The summed E-state index contributed by atoms with van der Waals surface area (Å²) < 4.78 is 20.0. The van der Waals surface area contributed by atoms with Gasteiger partial charge in [-0.05, 0) is 43.0 Å². The Kier molecular flexibility index (Phi) is 6.54. The van der Waals surface area contributed by atoms with Gasteiger partial charge in [-0.1, -0.05) is 25.7 Å². The molecule has 2 atom stereocenters. The minimum Gasteiger partial charge on any atom is -0.378 e. The molecule has 28 heavy (non-hydrogen) atoms. The predicted molar refractivity (Wildman–Crippen MR) is 108 cm³/mol. The van der Waals surface area contributed by atoms with Gasteiger partial charge in [0.15, 0.2) is 0 Å². The van der Waals surface area contributed by atoms with Gasteiger partial charge >= 0.3 is 0 Å². The second kappa shape index (κ2) is 9.28. The highest BCUT2D eigenvalue weighted by Gasteiger charge is 2.30. The summed E-state index contributed by atoms with van der Waals surface area (Å²) in [5.41, 5.74) is 2.50. The van der Waals surface area contributed by atoms with Crippen molar-refractivity contribution in [2.24, 2.45) is 5.92 Å². The second-order valence-corrected chi connectivity index (χ2v) is 8.09. The maximum Gasteiger partial charge on any atom is 0.245 e. The monoisotopic (exact) mass is 402 g/mol. The van der Waals surface area contributed by atoms with Gasteiger partial charge in [-0.2, -0.15) is 5.26 Å². The fourth-order valence-corrected chi connectivity index (χ4v) is 4.47. The van der Waals surface area contributed by atoms with Gasteiger partial charge in [0.05, 0.1) is 36.2 Å². The minimum absolute atomic E-state index is 0.0743. The molecule has 5 nitrogen and oxygen atoms in total. The van der Waals surface area contributed by atoms with E-state index in [-0.39, 0.29) is 6.10 Å². The van der Waals surface area contributed by atoms with Gasteiger partial charge < -0.3 is 14.2 Å². The maximum atomic E-state index is 9.12. The molecule has 1 saturated carbocycles. The Balaban J connectivity index is 1.38. The Morgan fingerprint density at radius 3 is 2.71 bits per heavy atom. The van der Waals surface area contributed by atoms with E-state index >= 15 is 0 Å². The molecule has 2 heterocycles. The summed E-state index contributed by atoms with van der Waals surface area (Å²) in [5.74, 6) is 1.04. The Morgan fingerprint density at radius 1 is 1.14 bits per heavy atom. The van der Waals surface area contributed by atoms with Crippen molar-refractivity contribution >= 4 is 22.5 Å². The minimum atomic E-state index is -0.509. The Hall–Kier alpha value is -1.58. The van der Waals surface area contributed by atoms with E-state index < -0.39 is 6.41 Å². The van der Waals surface area contributed by atoms with E-state index in [1.54, 1.807) is 6.07 Å². The van der Waals surface area contributed by atoms with Crippen LogP contribution < -0.4 is 0 Å². The number of fused-ring (bicyclic) bond motifs is 1. The summed E-state index contributed by atoms with van der Waals surface area (Å²) in [5, 5.41) is 10.1. The van der Waals surface area contributed by atoms with E-state index in [4.69, 9.17) is 31.1 Å². The standard InChI is InChI=1S/C22H27ClN2O3/c23-11-19-10-18-9-17(12-24)7-8-21(18)25(19)22-27-15-20(28-22)14-26-13-16-5-3-1-2-4-6-16/h7-10,16,20,22H,1-6,11,13-15H2. The van der Waals surface area contributed by atoms with Crippen LogP contribution in [0.3, 0.4) is 0 Å². The van der Waals surface area contributed by atoms with Crippen LogP contribution in [0.4, 0.5) is 0 Å². The average Bonchev–Trinajstić information content (AvgIpc) is 3.23. The highest BCUT2D eigenvalue weighted by molar-refractivity contribution is 6.17. The van der Waals surface area contributed by atoms with Gasteiger partial charge in [-0.3, -0.25) is 4.57 Å². The number of ether oxygens (including phenoxy) is 3. The summed E-state index contributed by atoms with van der Waals surface area (Å²) in [6.45, 7) is 1.88. The summed E-state index contributed by atoms with van der Waals surface area (Å²) in [7, 11) is 0. The molecule has 6 heteroatoms. The molecule has 1 saturated heterocycles. The molecule has 1 aliphatic carbocycles. The third-order valence-corrected chi connectivity index (χ3v) is 6.03. The van der Waals surface area contributed by atoms with E-state index in [9.17, 15) is 0 Å². The Bertz CT molecular complexity index is 836. The zero-order valence-corrected chi connectivity index (χ0v) is 16.9. The van der Waals surface area contributed by atoms with Crippen LogP contribution in [-0.2, 0) is 20.1 Å². The van der Waals surface area contributed by atoms with Crippen LogP contribution in [0.5, 0.6) is 0 Å². The lowest BCUT2D eigenvalue weighted by molar-refractivity contribution is -0.122. The molecular weight excluding hydrogens is 376 g/mol. The molecular formula is C22H27ClN2O3. The van der Waals surface area contributed by atoms with Crippen LogP contribution in [0, 0.1) is 17.2 Å². The SMILES string of the molecule is N#Cc1ccc2c(c1)cc(CCl)n2C1OCC(COCC2CCCCCC2)O1. The van der Waals surface area contributed by atoms with E-state index in [0.29, 0.717) is 30.6 Å². The molecule has 2 aliphatic rings. The van der Waals surface area contributed by atoms with Gasteiger partial charge in [-0.15, -0.1) is 11.6 Å². The molecule has 0 radical (unpaired) electrons. The summed E-state index contributed by atoms with van der Waals surface area (Å²) in [6, 6.07) is 9.76. The van der Waals surface area contributed by atoms with Gasteiger partial charge in [0.2, 0.25) is 6.41 Å². The first-order chi connectivity index (χ1) is 13.8. The molecule has 2 unspecified atom stereocenters. The quantitative estimate of drug-likeness (QED) is 0.497. The first-order valence-electron chi connectivity index (χ1n) is 10.2. The zero-order valence-electron chi connectivity index (χ0n) is 16.1. The van der Waals surface area contributed by atoms with E-state index in [1.807, 2.05) is 22.8 Å². The van der Waals surface area contributed by atoms with Crippen LogP contribution in [0.15, 0.2) is 24.3 Å². The molecule has 0 bridgehead atoms. The van der Waals surface area contributed by atoms with Crippen molar-refractivity contribution in [2.75, 3.05) is 19.8 Å². The maximum absolute atomic E-state index is 9.12. The third-order valence-electron chi connectivity index (χ3n) is 5.76. The molecule has 1 aliphatic heterocycles. The average molecular weight is 403 g/mol. The largest absolute Gasteiger partial charge is 0.378 e. The van der Waals surface area contributed by atoms with Crippen molar-refractivity contribution in [3.63, 3.8) is 0 Å². The number of nitrogens with zero attached hydrogens (tertiary/aromatic N) is 2. The molecule has 4 rings (SSSR count). The van der Waals surface area contributed by atoms with Crippen molar-refractivity contribution in [3.8, 4) is 6.07 Å². The lowest BCUT2D eigenvalue weighted by Crippen LogP contribution is -2.21. The number of nitriles is 1. The number of aromatic nitrogens is 1. The molecule has 1 aromatic heterocycles. The number of rotatable bonds is 6. The van der Waals surface area contributed by atoms with Gasteiger partial charge in [0.25, 0.3) is 0 Å². The van der Waals surface area contributed by atoms with Gasteiger partial charge in [0, 0.05) is 17.7 Å². The first kappa shape index (κ1) is 19.7. The molecule has 0 amide bonds. The molecule has 2 fully saturated rings. The molecule has 1 aromatic carbocycles. The molecule has 2 aromatic rings. The van der Waals surface area contributed by atoms with E-state index in [0.717, 1.165) is 23.2 Å². The highest BCUT2D eigenvalue weighted by atomic mass is 35.5. The van der Waals surface area contributed by atoms with Crippen molar-refractivity contribution < 1.29 is 14.2 Å². The molecule has 0 N–H and O–H groups in total. The summed E-state index contributed by atoms with van der Waals surface area (Å²) in [4.78, 5) is 0. The predicted octanol–water partition coefficient (Wildman–Crippen LogP) is 5.11. The van der Waals surface area contributed by atoms with E-state index in [2.05, 4.69) is 6.07 Å². The molecule has 0 spiro atoms. The Morgan fingerprint density at radius 2 is 1.96 bits per heavy atom. The smallest absolute Gasteiger partial charge is 0.245 e. The summed E-state index contributed by atoms with van der Waals surface area (Å²) >= 11 is 6.15. The van der Waals surface area contributed by atoms with E-state index in [1.165, 1.54) is 38.5 Å². The van der Waals surface area contributed by atoms with Crippen molar-refractivity contribution in [1.29, 1.82) is 5.26 Å². The van der Waals surface area contributed by atoms with Crippen molar-refractivity contribution in [3.05, 3.63) is 35.5 Å². The number of hydrogen-bond acceptors (Lipinski definition) is 4. The fraction of sp³-hybridized carbons (Fsp3) is 0.591. The lowest BCUT2D eigenvalue weighted by atomic mass is 10.0. The second-order valence-electron chi connectivity index (χ2n) is 7.82. The number of alkyl halides is 1. The molecule has 150 valence electrons. The van der Waals surface area contributed by atoms with Crippen LogP contribution >= 0.6 is 11.6 Å². The first-order valence-corrected chi connectivity index (χ1v) is 10.8. The topological polar surface area (TPSA) is 56.4 Å². The van der Waals surface area contributed by atoms with Crippen LogP contribution in [0.1, 0.15) is 56.2 Å². The van der Waals surface area contributed by atoms with Gasteiger partial charge in [0.1, 0.15) is 6.10 Å². The van der Waals surface area contributed by atoms with Gasteiger partial charge in [-0.25, -0.2) is 0 Å².